The van der Waals surface area contributed by atoms with Crippen LogP contribution in [-0.2, 0) is 5.75 Å². The molecule has 1 fully saturated rings. The molecule has 1 heterocycles. The first-order chi connectivity index (χ1) is 9.19. The number of carbonyl (C=O) groups excluding carboxylic acids is 1. The van der Waals surface area contributed by atoms with E-state index in [4.69, 9.17) is 0 Å². The number of hydrogen-bond donors (Lipinski definition) is 1. The summed E-state index contributed by atoms with van der Waals surface area (Å²) in [6, 6.07) is 9.84. The van der Waals surface area contributed by atoms with Gasteiger partial charge in [-0.1, -0.05) is 12.1 Å². The van der Waals surface area contributed by atoms with Gasteiger partial charge in [0.1, 0.15) is 5.54 Å². The van der Waals surface area contributed by atoms with Crippen molar-refractivity contribution in [2.24, 2.45) is 0 Å². The highest BCUT2D eigenvalue weighted by Crippen LogP contribution is 2.27. The van der Waals surface area contributed by atoms with Crippen LogP contribution in [0.3, 0.4) is 0 Å². The molecule has 1 amide bonds. The zero-order valence-electron chi connectivity index (χ0n) is 10.8. The van der Waals surface area contributed by atoms with Crippen LogP contribution in [0.15, 0.2) is 24.3 Å². The van der Waals surface area contributed by atoms with Crippen molar-refractivity contribution >= 4 is 29.4 Å². The molecule has 1 N–H and O–H groups in total. The molecule has 0 aromatic heterocycles. The Labute approximate surface area is 122 Å². The Morgan fingerprint density at radius 3 is 2.79 bits per heavy atom. The van der Waals surface area contributed by atoms with Gasteiger partial charge in [0.15, 0.2) is 0 Å². The maximum atomic E-state index is 12.2. The Morgan fingerprint density at radius 2 is 2.26 bits per heavy atom. The van der Waals surface area contributed by atoms with E-state index in [1.54, 1.807) is 23.5 Å². The van der Waals surface area contributed by atoms with Crippen LogP contribution in [-0.4, -0.2) is 29.2 Å². The molecule has 2 rings (SSSR count). The predicted octanol–water partition coefficient (Wildman–Crippen LogP) is 2.68. The number of nitriles is 1. The SMILES string of the molecule is CSCc1ccc(C(=O)NC2(C#N)CCSC2)cc1. The van der Waals surface area contributed by atoms with Gasteiger partial charge in [-0.25, -0.2) is 0 Å². The summed E-state index contributed by atoms with van der Waals surface area (Å²) in [4.78, 5) is 12.2. The van der Waals surface area contributed by atoms with Crippen LogP contribution in [0.25, 0.3) is 0 Å². The quantitative estimate of drug-likeness (QED) is 0.927. The van der Waals surface area contributed by atoms with Gasteiger partial charge in [-0.3, -0.25) is 4.79 Å². The van der Waals surface area contributed by atoms with E-state index < -0.39 is 5.54 Å². The number of rotatable bonds is 4. The lowest BCUT2D eigenvalue weighted by Crippen LogP contribution is -2.47. The third-order valence-corrected chi connectivity index (χ3v) is 4.93. The van der Waals surface area contributed by atoms with Crippen molar-refractivity contribution in [3.8, 4) is 6.07 Å². The lowest BCUT2D eigenvalue weighted by atomic mass is 10.0. The number of amides is 1. The molecule has 1 aromatic carbocycles. The van der Waals surface area contributed by atoms with Gasteiger partial charge >= 0.3 is 0 Å². The Hall–Kier alpha value is -1.12. The Morgan fingerprint density at radius 1 is 1.53 bits per heavy atom. The van der Waals surface area contributed by atoms with Gasteiger partial charge in [-0.15, -0.1) is 0 Å². The molecule has 5 heteroatoms. The molecular formula is C14H16N2OS2. The molecular weight excluding hydrogens is 276 g/mol. The van der Waals surface area contributed by atoms with E-state index in [1.165, 1.54) is 5.56 Å². The summed E-state index contributed by atoms with van der Waals surface area (Å²) in [7, 11) is 0. The van der Waals surface area contributed by atoms with Gasteiger partial charge in [-0.2, -0.15) is 28.8 Å². The van der Waals surface area contributed by atoms with Crippen LogP contribution in [0.2, 0.25) is 0 Å². The van der Waals surface area contributed by atoms with E-state index in [-0.39, 0.29) is 5.91 Å². The first-order valence-corrected chi connectivity index (χ1v) is 8.63. The zero-order valence-corrected chi connectivity index (χ0v) is 12.4. The lowest BCUT2D eigenvalue weighted by molar-refractivity contribution is 0.0926. The van der Waals surface area contributed by atoms with E-state index in [0.717, 1.165) is 17.9 Å². The van der Waals surface area contributed by atoms with Crippen molar-refractivity contribution in [1.82, 2.24) is 5.32 Å². The molecule has 1 aromatic rings. The Balaban J connectivity index is 2.05. The summed E-state index contributed by atoms with van der Waals surface area (Å²) in [5.74, 6) is 2.40. The van der Waals surface area contributed by atoms with Gasteiger partial charge in [0, 0.05) is 17.1 Å². The highest BCUT2D eigenvalue weighted by atomic mass is 32.2. The molecule has 1 aliphatic rings. The number of carbonyl (C=O) groups is 1. The molecule has 1 aliphatic heterocycles. The minimum Gasteiger partial charge on any atom is -0.333 e. The van der Waals surface area contributed by atoms with E-state index >= 15 is 0 Å². The van der Waals surface area contributed by atoms with E-state index in [0.29, 0.717) is 11.3 Å². The maximum absolute atomic E-state index is 12.2. The van der Waals surface area contributed by atoms with Crippen molar-refractivity contribution in [2.75, 3.05) is 17.8 Å². The van der Waals surface area contributed by atoms with Crippen molar-refractivity contribution in [3.05, 3.63) is 35.4 Å². The Bertz CT molecular complexity index is 487. The minimum absolute atomic E-state index is 0.153. The number of hydrogen-bond acceptors (Lipinski definition) is 4. The van der Waals surface area contributed by atoms with E-state index in [9.17, 15) is 10.1 Å². The average Bonchev–Trinajstić information content (AvgIpc) is 2.89. The molecule has 0 bridgehead atoms. The van der Waals surface area contributed by atoms with Gasteiger partial charge in [-0.05, 0) is 36.1 Å². The molecule has 0 aliphatic carbocycles. The number of nitrogens with zero attached hydrogens (tertiary/aromatic N) is 1. The monoisotopic (exact) mass is 292 g/mol. The van der Waals surface area contributed by atoms with Crippen LogP contribution < -0.4 is 5.32 Å². The molecule has 1 atom stereocenters. The lowest BCUT2D eigenvalue weighted by Gasteiger charge is -2.21. The highest BCUT2D eigenvalue weighted by molar-refractivity contribution is 7.99. The molecule has 0 saturated carbocycles. The van der Waals surface area contributed by atoms with Gasteiger partial charge in [0.2, 0.25) is 0 Å². The summed E-state index contributed by atoms with van der Waals surface area (Å²) in [5, 5.41) is 12.1. The van der Waals surface area contributed by atoms with Gasteiger partial charge < -0.3 is 5.32 Å². The smallest absolute Gasteiger partial charge is 0.252 e. The number of nitrogens with one attached hydrogen (secondary N) is 1. The summed E-state index contributed by atoms with van der Waals surface area (Å²) >= 11 is 3.46. The highest BCUT2D eigenvalue weighted by Gasteiger charge is 2.36. The Kier molecular flexibility index (Phi) is 4.78. The molecule has 0 radical (unpaired) electrons. The molecule has 1 saturated heterocycles. The van der Waals surface area contributed by atoms with Crippen LogP contribution in [0.4, 0.5) is 0 Å². The normalized spacial score (nSPS) is 21.9. The van der Waals surface area contributed by atoms with Crippen molar-refractivity contribution < 1.29 is 4.79 Å². The maximum Gasteiger partial charge on any atom is 0.252 e. The molecule has 100 valence electrons. The fraction of sp³-hybridized carbons (Fsp3) is 0.429. The van der Waals surface area contributed by atoms with Crippen LogP contribution in [0.5, 0.6) is 0 Å². The topological polar surface area (TPSA) is 52.9 Å². The van der Waals surface area contributed by atoms with Crippen molar-refractivity contribution in [1.29, 1.82) is 5.26 Å². The van der Waals surface area contributed by atoms with Crippen LogP contribution in [0, 0.1) is 11.3 Å². The van der Waals surface area contributed by atoms with Crippen molar-refractivity contribution in [3.63, 3.8) is 0 Å². The fourth-order valence-electron chi connectivity index (χ4n) is 1.99. The molecule has 3 nitrogen and oxygen atoms in total. The molecule has 19 heavy (non-hydrogen) atoms. The third kappa shape index (κ3) is 3.46. The summed E-state index contributed by atoms with van der Waals surface area (Å²) in [5.41, 5.74) is 1.14. The second-order valence-electron chi connectivity index (χ2n) is 4.58. The second kappa shape index (κ2) is 6.36. The second-order valence-corrected chi connectivity index (χ2v) is 6.55. The first-order valence-electron chi connectivity index (χ1n) is 6.08. The van der Waals surface area contributed by atoms with Gasteiger partial charge in [0.05, 0.1) is 6.07 Å². The number of benzene rings is 1. The standard InChI is InChI=1S/C14H16N2OS2/c1-18-8-11-2-4-12(5-3-11)13(17)16-14(9-15)6-7-19-10-14/h2-5H,6-8,10H2,1H3,(H,16,17). The molecule has 0 spiro atoms. The van der Waals surface area contributed by atoms with Crippen LogP contribution in [0.1, 0.15) is 22.3 Å². The fourth-order valence-corrected chi connectivity index (χ4v) is 3.78. The summed E-state index contributed by atoms with van der Waals surface area (Å²) in [6.07, 6.45) is 2.78. The van der Waals surface area contributed by atoms with Gasteiger partial charge in [0.25, 0.3) is 5.91 Å². The molecule has 1 unspecified atom stereocenters. The zero-order chi connectivity index (χ0) is 13.7. The van der Waals surface area contributed by atoms with Crippen LogP contribution >= 0.6 is 23.5 Å². The summed E-state index contributed by atoms with van der Waals surface area (Å²) in [6.45, 7) is 0. The minimum atomic E-state index is -0.681. The van der Waals surface area contributed by atoms with Crippen molar-refractivity contribution in [2.45, 2.75) is 17.7 Å². The summed E-state index contributed by atoms with van der Waals surface area (Å²) < 4.78 is 0. The third-order valence-electron chi connectivity index (χ3n) is 3.12. The average molecular weight is 292 g/mol. The first kappa shape index (κ1) is 14.3. The number of thioether (sulfide) groups is 2. The van der Waals surface area contributed by atoms with E-state index in [2.05, 4.69) is 17.6 Å². The van der Waals surface area contributed by atoms with E-state index in [1.807, 2.05) is 24.3 Å². The largest absolute Gasteiger partial charge is 0.333 e. The predicted molar refractivity (Wildman–Crippen MR) is 81.4 cm³/mol.